The van der Waals surface area contributed by atoms with Gasteiger partial charge in [0.2, 0.25) is 0 Å². The third kappa shape index (κ3) is 4.78. The Balaban J connectivity index is 1.56. The first-order valence-corrected chi connectivity index (χ1v) is 11.9. The number of amides is 1. The number of Topliss-reactive ketones (excluding diaryl/α,β-unsaturated/α-hetero) is 1. The van der Waals surface area contributed by atoms with Crippen LogP contribution in [0.15, 0.2) is 101 Å². The summed E-state index contributed by atoms with van der Waals surface area (Å²) >= 11 is 0. The maximum atomic E-state index is 13.6. The van der Waals surface area contributed by atoms with Gasteiger partial charge in [0.1, 0.15) is 5.82 Å². The number of rotatable bonds is 5. The van der Waals surface area contributed by atoms with Crippen molar-refractivity contribution in [1.82, 2.24) is 5.32 Å². The predicted octanol–water partition coefficient (Wildman–Crippen LogP) is 5.73. The fraction of sp³-hybridized carbons (Fsp3) is 0.172. The number of nitro groups is 1. The van der Waals surface area contributed by atoms with Crippen LogP contribution in [0.4, 0.5) is 15.8 Å². The van der Waals surface area contributed by atoms with E-state index in [9.17, 15) is 24.1 Å². The zero-order valence-corrected chi connectivity index (χ0v) is 20.0. The molecule has 0 saturated carbocycles. The van der Waals surface area contributed by atoms with Gasteiger partial charge < -0.3 is 10.6 Å². The summed E-state index contributed by atoms with van der Waals surface area (Å²) in [5.41, 5.74) is 4.18. The summed E-state index contributed by atoms with van der Waals surface area (Å²) in [5.74, 6) is -1.65. The van der Waals surface area contributed by atoms with Crippen molar-refractivity contribution >= 4 is 23.1 Å². The highest BCUT2D eigenvalue weighted by Gasteiger charge is 2.41. The van der Waals surface area contributed by atoms with Crippen LogP contribution in [0.1, 0.15) is 42.7 Å². The number of dihydropyridines is 1. The van der Waals surface area contributed by atoms with Gasteiger partial charge in [-0.2, -0.15) is 0 Å². The number of halogens is 1. The second-order valence-corrected chi connectivity index (χ2v) is 9.24. The molecule has 186 valence electrons. The van der Waals surface area contributed by atoms with Gasteiger partial charge in [-0.15, -0.1) is 0 Å². The Morgan fingerprint density at radius 1 is 0.973 bits per heavy atom. The monoisotopic (exact) mass is 497 g/mol. The van der Waals surface area contributed by atoms with Crippen molar-refractivity contribution in [3.8, 4) is 0 Å². The Hall–Kier alpha value is -4.59. The maximum Gasteiger partial charge on any atom is 0.269 e. The van der Waals surface area contributed by atoms with Gasteiger partial charge in [0.15, 0.2) is 5.78 Å². The van der Waals surface area contributed by atoms with E-state index in [1.807, 2.05) is 30.3 Å². The molecule has 0 bridgehead atoms. The van der Waals surface area contributed by atoms with Crippen molar-refractivity contribution in [2.45, 2.75) is 31.6 Å². The SMILES string of the molecule is CC1=C(C(=O)Nc2ccc(F)cc2)[C@H](c2ccc([N+](=O)[O-])cc2)C2=C(C[C@@H](c3ccccc3)CC2=O)N1. The number of nitrogens with zero attached hydrogens (tertiary/aromatic N) is 1. The second-order valence-electron chi connectivity index (χ2n) is 9.24. The molecule has 2 N–H and O–H groups in total. The number of non-ortho nitro benzene ring substituents is 1. The van der Waals surface area contributed by atoms with Gasteiger partial charge >= 0.3 is 0 Å². The van der Waals surface area contributed by atoms with Crippen molar-refractivity contribution in [1.29, 1.82) is 0 Å². The van der Waals surface area contributed by atoms with Gasteiger partial charge in [-0.1, -0.05) is 42.5 Å². The van der Waals surface area contributed by atoms with E-state index in [4.69, 9.17) is 0 Å². The van der Waals surface area contributed by atoms with Crippen molar-refractivity contribution in [3.63, 3.8) is 0 Å². The average Bonchev–Trinajstić information content (AvgIpc) is 2.89. The van der Waals surface area contributed by atoms with Crippen LogP contribution < -0.4 is 10.6 Å². The molecule has 1 aliphatic heterocycles. The zero-order valence-electron chi connectivity index (χ0n) is 20.0. The maximum absolute atomic E-state index is 13.6. The van der Waals surface area contributed by atoms with E-state index < -0.39 is 22.6 Å². The van der Waals surface area contributed by atoms with Crippen LogP contribution in [0.3, 0.4) is 0 Å². The van der Waals surface area contributed by atoms with E-state index in [2.05, 4.69) is 10.6 Å². The average molecular weight is 498 g/mol. The molecule has 1 aliphatic carbocycles. The first kappa shape index (κ1) is 24.1. The van der Waals surface area contributed by atoms with Gasteiger partial charge in [-0.25, -0.2) is 4.39 Å². The summed E-state index contributed by atoms with van der Waals surface area (Å²) in [6, 6.07) is 21.2. The highest BCUT2D eigenvalue weighted by Crippen LogP contribution is 2.45. The Morgan fingerprint density at radius 2 is 1.65 bits per heavy atom. The molecule has 37 heavy (non-hydrogen) atoms. The first-order valence-electron chi connectivity index (χ1n) is 11.9. The fourth-order valence-electron chi connectivity index (χ4n) is 5.15. The van der Waals surface area contributed by atoms with E-state index in [1.54, 1.807) is 19.1 Å². The number of hydrogen-bond acceptors (Lipinski definition) is 5. The Kier molecular flexibility index (Phi) is 6.40. The zero-order chi connectivity index (χ0) is 26.1. The third-order valence-corrected chi connectivity index (χ3v) is 6.88. The van der Waals surface area contributed by atoms with E-state index in [0.29, 0.717) is 40.9 Å². The molecule has 0 spiro atoms. The molecule has 1 heterocycles. The predicted molar refractivity (Wildman–Crippen MR) is 137 cm³/mol. The summed E-state index contributed by atoms with van der Waals surface area (Å²) in [7, 11) is 0. The fourth-order valence-corrected chi connectivity index (χ4v) is 5.15. The van der Waals surface area contributed by atoms with Crippen LogP contribution in [-0.2, 0) is 9.59 Å². The highest BCUT2D eigenvalue weighted by atomic mass is 19.1. The number of allylic oxidation sites excluding steroid dienone is 3. The van der Waals surface area contributed by atoms with E-state index >= 15 is 0 Å². The third-order valence-electron chi connectivity index (χ3n) is 6.88. The van der Waals surface area contributed by atoms with Gasteiger partial charge in [0, 0.05) is 52.7 Å². The summed E-state index contributed by atoms with van der Waals surface area (Å²) in [6.07, 6.45) is 0.888. The summed E-state index contributed by atoms with van der Waals surface area (Å²) in [6.45, 7) is 1.78. The number of anilines is 1. The number of nitrogens with one attached hydrogen (secondary N) is 2. The minimum Gasteiger partial charge on any atom is -0.362 e. The lowest BCUT2D eigenvalue weighted by Crippen LogP contribution is -2.37. The molecule has 2 atom stereocenters. The molecule has 0 fully saturated rings. The normalized spacial score (nSPS) is 19.2. The standard InChI is InChI=1S/C29H24FN3O4/c1-17-26(29(35)32-22-11-9-21(30)10-12-22)27(19-7-13-23(14-8-19)33(36)37)28-24(31-17)15-20(16-25(28)34)18-5-3-2-4-6-18/h2-14,20,27,31H,15-16H2,1H3,(H,32,35)/t20-,27+/m1/s1. The Labute approximate surface area is 212 Å². The van der Waals surface area contributed by atoms with Gasteiger partial charge in [-0.05, 0) is 54.7 Å². The second kappa shape index (κ2) is 9.81. The number of hydrogen-bond donors (Lipinski definition) is 2. The lowest BCUT2D eigenvalue weighted by molar-refractivity contribution is -0.384. The molecule has 0 unspecified atom stereocenters. The summed E-state index contributed by atoms with van der Waals surface area (Å²) in [4.78, 5) is 37.9. The molecule has 7 nitrogen and oxygen atoms in total. The van der Waals surface area contributed by atoms with Crippen LogP contribution in [-0.4, -0.2) is 16.6 Å². The Bertz CT molecular complexity index is 1440. The molecular weight excluding hydrogens is 473 g/mol. The minimum absolute atomic E-state index is 0.000137. The van der Waals surface area contributed by atoms with E-state index in [1.165, 1.54) is 36.4 Å². The molecular formula is C29H24FN3O4. The molecule has 8 heteroatoms. The molecule has 5 rings (SSSR count). The van der Waals surface area contributed by atoms with Crippen LogP contribution in [0, 0.1) is 15.9 Å². The number of carbonyl (C=O) groups is 2. The summed E-state index contributed by atoms with van der Waals surface area (Å²) < 4.78 is 13.4. The van der Waals surface area contributed by atoms with Gasteiger partial charge in [0.25, 0.3) is 11.6 Å². The number of nitro benzene ring substituents is 1. The van der Waals surface area contributed by atoms with Gasteiger partial charge in [-0.3, -0.25) is 19.7 Å². The van der Waals surface area contributed by atoms with Gasteiger partial charge in [0.05, 0.1) is 4.92 Å². The highest BCUT2D eigenvalue weighted by molar-refractivity contribution is 6.10. The van der Waals surface area contributed by atoms with E-state index in [-0.39, 0.29) is 17.4 Å². The van der Waals surface area contributed by atoms with Crippen molar-refractivity contribution in [2.75, 3.05) is 5.32 Å². The molecule has 0 aromatic heterocycles. The molecule has 0 saturated heterocycles. The van der Waals surface area contributed by atoms with Crippen LogP contribution in [0.25, 0.3) is 0 Å². The lowest BCUT2D eigenvalue weighted by atomic mass is 9.71. The molecule has 2 aliphatic rings. The van der Waals surface area contributed by atoms with E-state index in [0.717, 1.165) is 11.3 Å². The first-order chi connectivity index (χ1) is 17.8. The summed E-state index contributed by atoms with van der Waals surface area (Å²) in [5, 5.41) is 17.3. The minimum atomic E-state index is -0.707. The van der Waals surface area contributed by atoms with Crippen molar-refractivity contribution < 1.29 is 18.9 Å². The lowest BCUT2D eigenvalue weighted by Gasteiger charge is -2.37. The Morgan fingerprint density at radius 3 is 2.30 bits per heavy atom. The van der Waals surface area contributed by atoms with Crippen molar-refractivity contribution in [3.05, 3.63) is 128 Å². The molecule has 3 aromatic carbocycles. The topological polar surface area (TPSA) is 101 Å². The van der Waals surface area contributed by atoms with Crippen LogP contribution >= 0.6 is 0 Å². The van der Waals surface area contributed by atoms with Crippen LogP contribution in [0.2, 0.25) is 0 Å². The van der Waals surface area contributed by atoms with Crippen molar-refractivity contribution in [2.24, 2.45) is 0 Å². The molecule has 0 radical (unpaired) electrons. The quantitative estimate of drug-likeness (QED) is 0.346. The molecule has 1 amide bonds. The molecule has 3 aromatic rings. The largest absolute Gasteiger partial charge is 0.362 e. The number of benzene rings is 3. The van der Waals surface area contributed by atoms with Crippen LogP contribution in [0.5, 0.6) is 0 Å². The number of carbonyl (C=O) groups excluding carboxylic acids is 2. The smallest absolute Gasteiger partial charge is 0.269 e. The number of ketones is 1.